The van der Waals surface area contributed by atoms with Crippen LogP contribution in [0.3, 0.4) is 0 Å². The molecule has 19 heavy (non-hydrogen) atoms. The molecule has 6 heteroatoms. The van der Waals surface area contributed by atoms with Gasteiger partial charge in [-0.05, 0) is 26.8 Å². The Kier molecular flexibility index (Phi) is 5.58. The van der Waals surface area contributed by atoms with Crippen molar-refractivity contribution in [1.82, 2.24) is 10.3 Å². The number of hydrogen-bond acceptors (Lipinski definition) is 4. The van der Waals surface area contributed by atoms with Crippen LogP contribution >= 0.6 is 11.6 Å². The van der Waals surface area contributed by atoms with Gasteiger partial charge in [0, 0.05) is 18.8 Å². The quantitative estimate of drug-likeness (QED) is 0.895. The molecule has 0 aliphatic rings. The van der Waals surface area contributed by atoms with Crippen molar-refractivity contribution in [3.63, 3.8) is 0 Å². The lowest BCUT2D eigenvalue weighted by Crippen LogP contribution is -2.40. The van der Waals surface area contributed by atoms with Crippen LogP contribution in [0.5, 0.6) is 0 Å². The molecule has 0 aliphatic carbocycles. The maximum Gasteiger partial charge on any atom is 0.239 e. The van der Waals surface area contributed by atoms with Crippen LogP contribution in [0.4, 0.5) is 5.82 Å². The van der Waals surface area contributed by atoms with E-state index in [4.69, 9.17) is 16.9 Å². The minimum Gasteiger partial charge on any atom is -0.352 e. The molecule has 0 aliphatic heterocycles. The van der Waals surface area contributed by atoms with Crippen molar-refractivity contribution in [1.29, 1.82) is 5.26 Å². The Hall–Kier alpha value is -1.80. The topological polar surface area (TPSA) is 69.0 Å². The third-order valence-electron chi connectivity index (χ3n) is 2.46. The first-order chi connectivity index (χ1) is 8.99. The molecule has 0 radical (unpaired) electrons. The lowest BCUT2D eigenvalue weighted by atomic mass is 10.2. The fraction of sp³-hybridized carbons (Fsp3) is 0.462. The van der Waals surface area contributed by atoms with Crippen LogP contribution in [0.2, 0.25) is 5.02 Å². The standard InChI is InChI=1S/C13H17ClN4O/c1-4-18(8-11(19)17-9(2)3)13-12(14)10(7-15)5-6-16-13/h5-6,9H,4,8H2,1-3H3,(H,17,19). The Morgan fingerprint density at radius 2 is 2.32 bits per heavy atom. The van der Waals surface area contributed by atoms with Crippen molar-refractivity contribution < 1.29 is 4.79 Å². The molecule has 1 N–H and O–H groups in total. The fourth-order valence-corrected chi connectivity index (χ4v) is 1.89. The van der Waals surface area contributed by atoms with Crippen LogP contribution in [0, 0.1) is 11.3 Å². The van der Waals surface area contributed by atoms with Crippen molar-refractivity contribution in [2.24, 2.45) is 0 Å². The van der Waals surface area contributed by atoms with E-state index in [1.165, 1.54) is 6.20 Å². The highest BCUT2D eigenvalue weighted by Crippen LogP contribution is 2.26. The molecule has 0 aromatic carbocycles. The summed E-state index contributed by atoms with van der Waals surface area (Å²) in [4.78, 5) is 17.7. The lowest BCUT2D eigenvalue weighted by molar-refractivity contribution is -0.120. The van der Waals surface area contributed by atoms with Gasteiger partial charge in [0.1, 0.15) is 16.9 Å². The largest absolute Gasteiger partial charge is 0.352 e. The van der Waals surface area contributed by atoms with Gasteiger partial charge in [-0.15, -0.1) is 0 Å². The van der Waals surface area contributed by atoms with Gasteiger partial charge in [-0.2, -0.15) is 5.26 Å². The molecule has 1 aromatic heterocycles. The molecule has 0 unspecified atom stereocenters. The molecule has 0 atom stereocenters. The average Bonchev–Trinajstić information content (AvgIpc) is 2.35. The van der Waals surface area contributed by atoms with E-state index < -0.39 is 0 Å². The summed E-state index contributed by atoms with van der Waals surface area (Å²) < 4.78 is 0. The highest BCUT2D eigenvalue weighted by atomic mass is 35.5. The average molecular weight is 281 g/mol. The number of nitrogens with one attached hydrogen (secondary N) is 1. The van der Waals surface area contributed by atoms with E-state index in [1.54, 1.807) is 11.0 Å². The summed E-state index contributed by atoms with van der Waals surface area (Å²) in [5.41, 5.74) is 0.356. The molecular formula is C13H17ClN4O. The number of rotatable bonds is 5. The minimum absolute atomic E-state index is 0.0834. The van der Waals surface area contributed by atoms with E-state index in [1.807, 2.05) is 26.8 Å². The SMILES string of the molecule is CCN(CC(=O)NC(C)C)c1nccc(C#N)c1Cl. The molecule has 1 amide bonds. The molecule has 0 saturated carbocycles. The van der Waals surface area contributed by atoms with Crippen LogP contribution < -0.4 is 10.2 Å². The van der Waals surface area contributed by atoms with E-state index in [2.05, 4.69) is 10.3 Å². The monoisotopic (exact) mass is 280 g/mol. The van der Waals surface area contributed by atoms with E-state index >= 15 is 0 Å². The van der Waals surface area contributed by atoms with E-state index in [0.717, 1.165) is 0 Å². The normalized spacial score (nSPS) is 10.1. The van der Waals surface area contributed by atoms with Gasteiger partial charge in [0.15, 0.2) is 0 Å². The molecule has 0 saturated heterocycles. The Labute approximate surface area is 118 Å². The smallest absolute Gasteiger partial charge is 0.239 e. The molecule has 1 aromatic rings. The van der Waals surface area contributed by atoms with Crippen molar-refractivity contribution in [3.05, 3.63) is 22.8 Å². The number of nitriles is 1. The number of amides is 1. The second kappa shape index (κ2) is 6.95. The van der Waals surface area contributed by atoms with Gasteiger partial charge in [0.2, 0.25) is 5.91 Å². The summed E-state index contributed by atoms with van der Waals surface area (Å²) >= 11 is 6.11. The zero-order valence-corrected chi connectivity index (χ0v) is 12.0. The Morgan fingerprint density at radius 3 is 2.84 bits per heavy atom. The third-order valence-corrected chi connectivity index (χ3v) is 2.83. The van der Waals surface area contributed by atoms with Crippen molar-refractivity contribution >= 4 is 23.3 Å². The first-order valence-electron chi connectivity index (χ1n) is 6.08. The van der Waals surface area contributed by atoms with Gasteiger partial charge < -0.3 is 10.2 Å². The van der Waals surface area contributed by atoms with E-state index in [-0.39, 0.29) is 23.5 Å². The molecule has 1 heterocycles. The summed E-state index contributed by atoms with van der Waals surface area (Å²) in [5.74, 6) is 0.360. The molecule has 0 fully saturated rings. The van der Waals surface area contributed by atoms with Gasteiger partial charge >= 0.3 is 0 Å². The second-order valence-corrected chi connectivity index (χ2v) is 4.72. The minimum atomic E-state index is -0.0999. The van der Waals surface area contributed by atoms with Crippen LogP contribution in [0.1, 0.15) is 26.3 Å². The summed E-state index contributed by atoms with van der Waals surface area (Å²) in [6.45, 7) is 6.44. The first kappa shape index (κ1) is 15.3. The highest BCUT2D eigenvalue weighted by molar-refractivity contribution is 6.34. The maximum atomic E-state index is 11.8. The number of likely N-dealkylation sites (N-methyl/N-ethyl adjacent to an activating group) is 1. The summed E-state index contributed by atoms with van der Waals surface area (Å²) in [5, 5.41) is 12.0. The third kappa shape index (κ3) is 4.11. The maximum absolute atomic E-state index is 11.8. The molecule has 0 bridgehead atoms. The number of nitrogens with zero attached hydrogens (tertiary/aromatic N) is 3. The number of hydrogen-bond donors (Lipinski definition) is 1. The van der Waals surface area contributed by atoms with Crippen LogP contribution in [-0.4, -0.2) is 30.0 Å². The zero-order chi connectivity index (χ0) is 14.4. The highest BCUT2D eigenvalue weighted by Gasteiger charge is 2.16. The number of anilines is 1. The molecule has 1 rings (SSSR count). The number of halogens is 1. The summed E-state index contributed by atoms with van der Waals surface area (Å²) in [7, 11) is 0. The molecule has 0 spiro atoms. The van der Waals surface area contributed by atoms with Gasteiger partial charge in [0.05, 0.1) is 12.1 Å². The Balaban J connectivity index is 2.92. The zero-order valence-electron chi connectivity index (χ0n) is 11.3. The van der Waals surface area contributed by atoms with Crippen LogP contribution in [0.15, 0.2) is 12.3 Å². The van der Waals surface area contributed by atoms with E-state index in [9.17, 15) is 4.79 Å². The van der Waals surface area contributed by atoms with Crippen molar-refractivity contribution in [2.75, 3.05) is 18.0 Å². The number of carbonyl (C=O) groups excluding carboxylic acids is 1. The fourth-order valence-electron chi connectivity index (χ4n) is 1.62. The second-order valence-electron chi connectivity index (χ2n) is 4.34. The molecule has 5 nitrogen and oxygen atoms in total. The molecular weight excluding hydrogens is 264 g/mol. The predicted octanol–water partition coefficient (Wildman–Crippen LogP) is 1.96. The predicted molar refractivity (Wildman–Crippen MR) is 75.1 cm³/mol. The van der Waals surface area contributed by atoms with Gasteiger partial charge in [0.25, 0.3) is 0 Å². The number of pyridine rings is 1. The van der Waals surface area contributed by atoms with Crippen molar-refractivity contribution in [3.8, 4) is 6.07 Å². The summed E-state index contributed by atoms with van der Waals surface area (Å²) in [6, 6.07) is 3.63. The Bertz CT molecular complexity index is 496. The lowest BCUT2D eigenvalue weighted by Gasteiger charge is -2.23. The number of aromatic nitrogens is 1. The van der Waals surface area contributed by atoms with Crippen LogP contribution in [-0.2, 0) is 4.79 Å². The van der Waals surface area contributed by atoms with Gasteiger partial charge in [-0.3, -0.25) is 4.79 Å². The molecule has 102 valence electrons. The van der Waals surface area contributed by atoms with Crippen LogP contribution in [0.25, 0.3) is 0 Å². The summed E-state index contributed by atoms with van der Waals surface area (Å²) in [6.07, 6.45) is 1.52. The van der Waals surface area contributed by atoms with E-state index in [0.29, 0.717) is 17.9 Å². The first-order valence-corrected chi connectivity index (χ1v) is 6.46. The van der Waals surface area contributed by atoms with Crippen molar-refractivity contribution in [2.45, 2.75) is 26.8 Å². The Morgan fingerprint density at radius 1 is 1.63 bits per heavy atom. The van der Waals surface area contributed by atoms with Gasteiger partial charge in [-0.1, -0.05) is 11.6 Å². The van der Waals surface area contributed by atoms with Gasteiger partial charge in [-0.25, -0.2) is 4.98 Å². The number of carbonyl (C=O) groups is 1.